The highest BCUT2D eigenvalue weighted by atomic mass is 127. The number of aromatic amines is 1. The zero-order chi connectivity index (χ0) is 17.2. The average Bonchev–Trinajstić information content (AvgIpc) is 3.11. The standard InChI is InChI=1S/C17H25N5O2.HI/c1-4-18-17(20-12-14-8-9-21-22-14)19-11-13(2)24-16-7-5-6-15(10-16)23-3;/h5-10,13H,4,11-12H2,1-3H3,(H,21,22)(H2,18,19,20);1H. The van der Waals surface area contributed by atoms with Gasteiger partial charge in [0.1, 0.15) is 17.6 Å². The van der Waals surface area contributed by atoms with Gasteiger partial charge in [-0.1, -0.05) is 6.07 Å². The highest BCUT2D eigenvalue weighted by molar-refractivity contribution is 14.0. The minimum Gasteiger partial charge on any atom is -0.497 e. The van der Waals surface area contributed by atoms with Gasteiger partial charge in [0.15, 0.2) is 5.96 Å². The minimum absolute atomic E-state index is 0. The van der Waals surface area contributed by atoms with Crippen LogP contribution in [0.2, 0.25) is 0 Å². The Bertz CT molecular complexity index is 634. The summed E-state index contributed by atoms with van der Waals surface area (Å²) in [4.78, 5) is 4.51. The van der Waals surface area contributed by atoms with E-state index in [1.807, 2.05) is 44.2 Å². The molecule has 0 spiro atoms. The molecule has 0 saturated heterocycles. The van der Waals surface area contributed by atoms with Gasteiger partial charge in [0, 0.05) is 18.8 Å². The van der Waals surface area contributed by atoms with E-state index in [1.165, 1.54) is 0 Å². The van der Waals surface area contributed by atoms with E-state index in [2.05, 4.69) is 25.8 Å². The zero-order valence-electron chi connectivity index (χ0n) is 14.8. The second-order valence-electron chi connectivity index (χ2n) is 5.27. The lowest BCUT2D eigenvalue weighted by Crippen LogP contribution is -2.41. The summed E-state index contributed by atoms with van der Waals surface area (Å²) >= 11 is 0. The largest absolute Gasteiger partial charge is 0.497 e. The van der Waals surface area contributed by atoms with Gasteiger partial charge >= 0.3 is 0 Å². The number of aromatic nitrogens is 2. The number of hydrogen-bond acceptors (Lipinski definition) is 4. The van der Waals surface area contributed by atoms with Gasteiger partial charge in [0.05, 0.1) is 25.9 Å². The summed E-state index contributed by atoms with van der Waals surface area (Å²) in [6.45, 7) is 6.00. The summed E-state index contributed by atoms with van der Waals surface area (Å²) in [6.07, 6.45) is 1.70. The van der Waals surface area contributed by atoms with Crippen LogP contribution in [0.15, 0.2) is 41.5 Å². The lowest BCUT2D eigenvalue weighted by Gasteiger charge is -2.18. The molecule has 0 aliphatic carbocycles. The molecular formula is C17H26IN5O2. The summed E-state index contributed by atoms with van der Waals surface area (Å²) in [7, 11) is 1.64. The maximum atomic E-state index is 5.89. The summed E-state index contributed by atoms with van der Waals surface area (Å²) in [5.41, 5.74) is 0.966. The van der Waals surface area contributed by atoms with E-state index in [0.29, 0.717) is 13.1 Å². The van der Waals surface area contributed by atoms with Crippen molar-refractivity contribution >= 4 is 29.9 Å². The molecule has 0 radical (unpaired) electrons. The predicted molar refractivity (Wildman–Crippen MR) is 110 cm³/mol. The number of benzene rings is 1. The van der Waals surface area contributed by atoms with Crippen molar-refractivity contribution in [3.63, 3.8) is 0 Å². The SMILES string of the molecule is CCNC(=NCc1ccn[nH]1)NCC(C)Oc1cccc(OC)c1.I. The lowest BCUT2D eigenvalue weighted by molar-refractivity contribution is 0.223. The quantitative estimate of drug-likeness (QED) is 0.321. The van der Waals surface area contributed by atoms with Crippen LogP contribution in [0.3, 0.4) is 0 Å². The number of nitrogens with zero attached hydrogens (tertiary/aromatic N) is 2. The number of ether oxygens (including phenoxy) is 2. The van der Waals surface area contributed by atoms with E-state index in [4.69, 9.17) is 9.47 Å². The molecule has 1 aromatic carbocycles. The number of guanidine groups is 1. The van der Waals surface area contributed by atoms with Gasteiger partial charge in [-0.3, -0.25) is 5.10 Å². The first-order valence-electron chi connectivity index (χ1n) is 8.02. The molecule has 0 amide bonds. The monoisotopic (exact) mass is 459 g/mol. The van der Waals surface area contributed by atoms with Gasteiger partial charge in [-0.2, -0.15) is 5.10 Å². The van der Waals surface area contributed by atoms with Crippen molar-refractivity contribution in [1.29, 1.82) is 0 Å². The molecule has 3 N–H and O–H groups in total. The molecule has 1 atom stereocenters. The fourth-order valence-corrected chi connectivity index (χ4v) is 2.07. The van der Waals surface area contributed by atoms with Crippen LogP contribution in [0, 0.1) is 0 Å². The molecule has 1 aromatic heterocycles. The van der Waals surface area contributed by atoms with E-state index in [0.717, 1.165) is 29.7 Å². The van der Waals surface area contributed by atoms with Crippen molar-refractivity contribution in [1.82, 2.24) is 20.8 Å². The zero-order valence-corrected chi connectivity index (χ0v) is 17.1. The molecule has 2 aromatic rings. The molecule has 25 heavy (non-hydrogen) atoms. The Labute approximate surface area is 165 Å². The van der Waals surface area contributed by atoms with Gasteiger partial charge in [0.25, 0.3) is 0 Å². The number of aliphatic imine (C=N–C) groups is 1. The van der Waals surface area contributed by atoms with Crippen LogP contribution in [-0.4, -0.2) is 42.5 Å². The second kappa shape index (κ2) is 11.6. The summed E-state index contributed by atoms with van der Waals surface area (Å²) in [5.74, 6) is 2.30. The Kier molecular flexibility index (Phi) is 9.75. The molecule has 0 fully saturated rings. The first-order chi connectivity index (χ1) is 11.7. The van der Waals surface area contributed by atoms with E-state index in [1.54, 1.807) is 13.3 Å². The highest BCUT2D eigenvalue weighted by Gasteiger charge is 2.06. The van der Waals surface area contributed by atoms with Gasteiger partial charge < -0.3 is 20.1 Å². The van der Waals surface area contributed by atoms with E-state index in [-0.39, 0.29) is 30.1 Å². The molecule has 2 rings (SSSR count). The van der Waals surface area contributed by atoms with Crippen LogP contribution in [0.4, 0.5) is 0 Å². The van der Waals surface area contributed by atoms with Crippen LogP contribution in [-0.2, 0) is 6.54 Å². The van der Waals surface area contributed by atoms with E-state index in [9.17, 15) is 0 Å². The lowest BCUT2D eigenvalue weighted by atomic mass is 10.3. The molecule has 8 heteroatoms. The van der Waals surface area contributed by atoms with E-state index >= 15 is 0 Å². The Morgan fingerprint density at radius 3 is 2.76 bits per heavy atom. The molecule has 7 nitrogen and oxygen atoms in total. The molecule has 0 saturated carbocycles. The van der Waals surface area contributed by atoms with Crippen LogP contribution < -0.4 is 20.1 Å². The Balaban J connectivity index is 0.00000312. The molecule has 0 aliphatic rings. The third-order valence-corrected chi connectivity index (χ3v) is 3.25. The topological polar surface area (TPSA) is 83.6 Å². The van der Waals surface area contributed by atoms with Crippen molar-refractivity contribution < 1.29 is 9.47 Å². The van der Waals surface area contributed by atoms with Gasteiger partial charge in [-0.25, -0.2) is 4.99 Å². The molecule has 0 bridgehead atoms. The van der Waals surface area contributed by atoms with Crippen LogP contribution in [0.1, 0.15) is 19.5 Å². The number of hydrogen-bond donors (Lipinski definition) is 3. The van der Waals surface area contributed by atoms with Crippen LogP contribution in [0.25, 0.3) is 0 Å². The number of rotatable bonds is 8. The third-order valence-electron chi connectivity index (χ3n) is 3.25. The van der Waals surface area contributed by atoms with Crippen molar-refractivity contribution in [3.05, 3.63) is 42.2 Å². The van der Waals surface area contributed by atoms with Crippen molar-refractivity contribution in [2.75, 3.05) is 20.2 Å². The second-order valence-corrected chi connectivity index (χ2v) is 5.27. The fourth-order valence-electron chi connectivity index (χ4n) is 2.07. The Hall–Kier alpha value is -1.97. The first kappa shape index (κ1) is 21.1. The average molecular weight is 459 g/mol. The summed E-state index contributed by atoms with van der Waals surface area (Å²) in [6, 6.07) is 9.48. The Morgan fingerprint density at radius 2 is 2.08 bits per heavy atom. The minimum atomic E-state index is -0.0203. The van der Waals surface area contributed by atoms with Crippen LogP contribution in [0.5, 0.6) is 11.5 Å². The predicted octanol–water partition coefficient (Wildman–Crippen LogP) is 2.56. The maximum absolute atomic E-state index is 5.89. The number of methoxy groups -OCH3 is 1. The number of halogens is 1. The Morgan fingerprint density at radius 1 is 1.28 bits per heavy atom. The molecule has 1 heterocycles. The maximum Gasteiger partial charge on any atom is 0.191 e. The normalized spacial score (nSPS) is 12.0. The van der Waals surface area contributed by atoms with Gasteiger partial charge in [-0.05, 0) is 32.0 Å². The molecule has 138 valence electrons. The van der Waals surface area contributed by atoms with E-state index < -0.39 is 0 Å². The van der Waals surface area contributed by atoms with Crippen molar-refractivity contribution in [3.8, 4) is 11.5 Å². The smallest absolute Gasteiger partial charge is 0.191 e. The summed E-state index contributed by atoms with van der Waals surface area (Å²) in [5, 5.41) is 13.3. The molecular weight excluding hydrogens is 433 g/mol. The fraction of sp³-hybridized carbons (Fsp3) is 0.412. The third kappa shape index (κ3) is 7.63. The van der Waals surface area contributed by atoms with Crippen molar-refractivity contribution in [2.45, 2.75) is 26.5 Å². The molecule has 0 aliphatic heterocycles. The molecule has 1 unspecified atom stereocenters. The first-order valence-corrected chi connectivity index (χ1v) is 8.02. The van der Waals surface area contributed by atoms with Crippen LogP contribution >= 0.6 is 24.0 Å². The number of nitrogens with one attached hydrogen (secondary N) is 3. The highest BCUT2D eigenvalue weighted by Crippen LogP contribution is 2.19. The number of H-pyrrole nitrogens is 1. The van der Waals surface area contributed by atoms with Gasteiger partial charge in [-0.15, -0.1) is 24.0 Å². The summed E-state index contributed by atoms with van der Waals surface area (Å²) < 4.78 is 11.1. The van der Waals surface area contributed by atoms with Crippen molar-refractivity contribution in [2.24, 2.45) is 4.99 Å². The van der Waals surface area contributed by atoms with Gasteiger partial charge in [0.2, 0.25) is 0 Å².